The second-order valence-corrected chi connectivity index (χ2v) is 5.97. The SMILES string of the molecule is CC(=O)c1csc(C(=O)N2C[C@@H](C(F)(F)F)[C@H](C(=O)O)C2)c1. The monoisotopic (exact) mass is 335 g/mol. The summed E-state index contributed by atoms with van der Waals surface area (Å²) in [6.45, 7) is 0.130. The molecule has 2 rings (SSSR count). The first-order valence-electron chi connectivity index (χ1n) is 6.29. The highest BCUT2D eigenvalue weighted by Gasteiger charge is 2.53. The van der Waals surface area contributed by atoms with Gasteiger partial charge in [0.1, 0.15) is 0 Å². The molecule has 2 atom stereocenters. The largest absolute Gasteiger partial charge is 0.481 e. The Morgan fingerprint density at radius 2 is 1.95 bits per heavy atom. The van der Waals surface area contributed by atoms with Crippen LogP contribution in [0.4, 0.5) is 13.2 Å². The summed E-state index contributed by atoms with van der Waals surface area (Å²) in [7, 11) is 0. The molecule has 1 N–H and O–H groups in total. The smallest absolute Gasteiger partial charge is 0.394 e. The maximum absolute atomic E-state index is 12.9. The molecule has 0 aliphatic carbocycles. The van der Waals surface area contributed by atoms with Crippen molar-refractivity contribution in [1.82, 2.24) is 4.90 Å². The normalized spacial score (nSPS) is 21.9. The van der Waals surface area contributed by atoms with E-state index < -0.39 is 43.0 Å². The van der Waals surface area contributed by atoms with Gasteiger partial charge in [-0.05, 0) is 13.0 Å². The molecular weight excluding hydrogens is 323 g/mol. The minimum absolute atomic E-state index is 0.122. The molecule has 1 saturated heterocycles. The number of carboxylic acid groups (broad SMARTS) is 1. The number of carbonyl (C=O) groups is 3. The zero-order valence-electron chi connectivity index (χ0n) is 11.4. The van der Waals surface area contributed by atoms with Crippen LogP contribution in [0, 0.1) is 11.8 Å². The van der Waals surface area contributed by atoms with E-state index in [2.05, 4.69) is 0 Å². The third-order valence-corrected chi connectivity index (χ3v) is 4.48. The molecular formula is C13H12F3NO4S. The van der Waals surface area contributed by atoms with Crippen LogP contribution in [0.3, 0.4) is 0 Å². The molecule has 0 unspecified atom stereocenters. The number of hydrogen-bond donors (Lipinski definition) is 1. The topological polar surface area (TPSA) is 74.7 Å². The van der Waals surface area contributed by atoms with Gasteiger partial charge in [-0.2, -0.15) is 13.2 Å². The van der Waals surface area contributed by atoms with Crippen LogP contribution < -0.4 is 0 Å². The first kappa shape index (κ1) is 16.5. The van der Waals surface area contributed by atoms with Crippen LogP contribution in [0.5, 0.6) is 0 Å². The standard InChI is InChI=1S/C13H12F3NO4S/c1-6(18)7-2-10(22-5-7)11(19)17-3-8(12(20)21)9(4-17)13(14,15)16/h2,5,8-9H,3-4H2,1H3,(H,20,21)/t8-,9-/m1/s1. The summed E-state index contributed by atoms with van der Waals surface area (Å²) in [6, 6.07) is 1.31. The molecule has 1 aromatic rings. The Kier molecular flexibility index (Phi) is 4.28. The Morgan fingerprint density at radius 1 is 1.32 bits per heavy atom. The van der Waals surface area contributed by atoms with Crippen LogP contribution in [0.1, 0.15) is 27.0 Å². The number of carbonyl (C=O) groups excluding carboxylic acids is 2. The first-order valence-corrected chi connectivity index (χ1v) is 7.17. The zero-order chi connectivity index (χ0) is 16.7. The van der Waals surface area contributed by atoms with E-state index in [1.807, 2.05) is 0 Å². The van der Waals surface area contributed by atoms with Crippen molar-refractivity contribution < 1.29 is 32.7 Å². The van der Waals surface area contributed by atoms with Gasteiger partial charge in [0.15, 0.2) is 5.78 Å². The van der Waals surface area contributed by atoms with Crippen LogP contribution >= 0.6 is 11.3 Å². The fraction of sp³-hybridized carbons (Fsp3) is 0.462. The number of amides is 1. The van der Waals surface area contributed by atoms with Gasteiger partial charge in [0.25, 0.3) is 5.91 Å². The Hall–Kier alpha value is -1.90. The van der Waals surface area contributed by atoms with E-state index in [0.717, 1.165) is 16.2 Å². The number of carboxylic acids is 1. The molecule has 9 heteroatoms. The molecule has 1 aliphatic rings. The lowest BCUT2D eigenvalue weighted by molar-refractivity contribution is -0.187. The number of likely N-dealkylation sites (tertiary alicyclic amines) is 1. The lowest BCUT2D eigenvalue weighted by atomic mass is 9.96. The number of nitrogens with zero attached hydrogens (tertiary/aromatic N) is 1. The number of halogens is 3. The van der Waals surface area contributed by atoms with Crippen LogP contribution in [0.15, 0.2) is 11.4 Å². The van der Waals surface area contributed by atoms with E-state index in [1.54, 1.807) is 0 Å². The molecule has 0 radical (unpaired) electrons. The van der Waals surface area contributed by atoms with Crippen molar-refractivity contribution in [1.29, 1.82) is 0 Å². The number of Topliss-reactive ketones (excluding diaryl/α,β-unsaturated/α-hetero) is 1. The van der Waals surface area contributed by atoms with Crippen LogP contribution in [-0.4, -0.2) is 46.9 Å². The second-order valence-electron chi connectivity index (χ2n) is 5.06. The highest BCUT2D eigenvalue weighted by Crippen LogP contribution is 2.38. The van der Waals surface area contributed by atoms with Crippen molar-refractivity contribution >= 4 is 29.0 Å². The van der Waals surface area contributed by atoms with Gasteiger partial charge < -0.3 is 10.0 Å². The number of alkyl halides is 3. The Morgan fingerprint density at radius 3 is 2.36 bits per heavy atom. The fourth-order valence-corrected chi connectivity index (χ4v) is 3.25. The molecule has 1 aromatic heterocycles. The molecule has 0 saturated carbocycles. The lowest BCUT2D eigenvalue weighted by Crippen LogP contribution is -2.34. The van der Waals surface area contributed by atoms with E-state index in [4.69, 9.17) is 5.11 Å². The van der Waals surface area contributed by atoms with Crippen molar-refractivity contribution in [2.75, 3.05) is 13.1 Å². The number of rotatable bonds is 3. The lowest BCUT2D eigenvalue weighted by Gasteiger charge is -2.18. The van der Waals surface area contributed by atoms with Crippen LogP contribution in [0.25, 0.3) is 0 Å². The van der Waals surface area contributed by atoms with Crippen molar-refractivity contribution in [2.24, 2.45) is 11.8 Å². The van der Waals surface area contributed by atoms with E-state index >= 15 is 0 Å². The van der Waals surface area contributed by atoms with Crippen LogP contribution in [0.2, 0.25) is 0 Å². The van der Waals surface area contributed by atoms with Gasteiger partial charge in [-0.3, -0.25) is 14.4 Å². The summed E-state index contributed by atoms with van der Waals surface area (Å²) in [5.41, 5.74) is 0.301. The molecule has 0 spiro atoms. The highest BCUT2D eigenvalue weighted by atomic mass is 32.1. The number of aliphatic carboxylic acids is 1. The van der Waals surface area contributed by atoms with E-state index in [-0.39, 0.29) is 10.7 Å². The Balaban J connectivity index is 2.20. The summed E-state index contributed by atoms with van der Waals surface area (Å²) in [6.07, 6.45) is -4.68. The van der Waals surface area contributed by atoms with Gasteiger partial charge in [-0.1, -0.05) is 0 Å². The van der Waals surface area contributed by atoms with Crippen molar-refractivity contribution in [3.63, 3.8) is 0 Å². The van der Waals surface area contributed by atoms with E-state index in [9.17, 15) is 27.6 Å². The van der Waals surface area contributed by atoms with Gasteiger partial charge in [0.05, 0.1) is 16.7 Å². The molecule has 2 heterocycles. The minimum Gasteiger partial charge on any atom is -0.481 e. The predicted molar refractivity (Wildman–Crippen MR) is 70.9 cm³/mol. The predicted octanol–water partition coefficient (Wildman–Crippen LogP) is 2.29. The van der Waals surface area contributed by atoms with E-state index in [0.29, 0.717) is 5.56 Å². The maximum atomic E-state index is 12.9. The molecule has 1 aliphatic heterocycles. The van der Waals surface area contributed by atoms with Gasteiger partial charge in [-0.25, -0.2) is 0 Å². The molecule has 1 fully saturated rings. The third-order valence-electron chi connectivity index (χ3n) is 3.56. The third kappa shape index (κ3) is 3.13. The summed E-state index contributed by atoms with van der Waals surface area (Å²) >= 11 is 0.950. The molecule has 0 aromatic carbocycles. The molecule has 120 valence electrons. The van der Waals surface area contributed by atoms with Gasteiger partial charge in [0.2, 0.25) is 0 Å². The summed E-state index contributed by atoms with van der Waals surface area (Å²) in [5, 5.41) is 10.4. The number of ketones is 1. The minimum atomic E-state index is -4.68. The fourth-order valence-electron chi connectivity index (χ4n) is 2.34. The van der Waals surface area contributed by atoms with Gasteiger partial charge in [-0.15, -0.1) is 11.3 Å². The summed E-state index contributed by atoms with van der Waals surface area (Å²) < 4.78 is 38.6. The molecule has 5 nitrogen and oxygen atoms in total. The average Bonchev–Trinajstić information content (AvgIpc) is 3.04. The highest BCUT2D eigenvalue weighted by molar-refractivity contribution is 7.12. The number of thiophene rings is 1. The Bertz CT molecular complexity index is 625. The molecule has 22 heavy (non-hydrogen) atoms. The van der Waals surface area contributed by atoms with Gasteiger partial charge >= 0.3 is 12.1 Å². The summed E-state index contributed by atoms with van der Waals surface area (Å²) in [4.78, 5) is 35.4. The average molecular weight is 335 g/mol. The van der Waals surface area contributed by atoms with Crippen LogP contribution in [-0.2, 0) is 4.79 Å². The van der Waals surface area contributed by atoms with Crippen molar-refractivity contribution in [2.45, 2.75) is 13.1 Å². The van der Waals surface area contributed by atoms with E-state index in [1.165, 1.54) is 18.4 Å². The second kappa shape index (κ2) is 5.71. The zero-order valence-corrected chi connectivity index (χ0v) is 12.2. The van der Waals surface area contributed by atoms with Gasteiger partial charge in [0, 0.05) is 24.0 Å². The number of hydrogen-bond acceptors (Lipinski definition) is 4. The first-order chi connectivity index (χ1) is 10.1. The summed E-state index contributed by atoms with van der Waals surface area (Å²) in [5.74, 6) is -6.27. The quantitative estimate of drug-likeness (QED) is 0.860. The van der Waals surface area contributed by atoms with Crippen molar-refractivity contribution in [3.05, 3.63) is 21.9 Å². The molecule has 0 bridgehead atoms. The maximum Gasteiger partial charge on any atom is 0.394 e. The Labute approximate surface area is 127 Å². The molecule has 1 amide bonds. The van der Waals surface area contributed by atoms with Crippen molar-refractivity contribution in [3.8, 4) is 0 Å².